The molecule has 16 heavy (non-hydrogen) atoms. The first-order chi connectivity index (χ1) is 7.61. The molecule has 0 aliphatic heterocycles. The van der Waals surface area contributed by atoms with Gasteiger partial charge in [-0.3, -0.25) is 4.79 Å². The van der Waals surface area contributed by atoms with Crippen LogP contribution in [0.1, 0.15) is 22.0 Å². The first kappa shape index (κ1) is 12.6. The van der Waals surface area contributed by atoms with E-state index in [-0.39, 0.29) is 12.3 Å². The van der Waals surface area contributed by atoms with Crippen molar-refractivity contribution in [1.82, 2.24) is 9.97 Å². The summed E-state index contributed by atoms with van der Waals surface area (Å²) in [7, 11) is 0. The van der Waals surface area contributed by atoms with E-state index in [1.807, 2.05) is 0 Å². The first-order valence-corrected chi connectivity index (χ1v) is 4.77. The minimum absolute atomic E-state index is 0.117. The highest BCUT2D eigenvalue weighted by Crippen LogP contribution is 2.00. The Labute approximate surface area is 91.7 Å². The quantitative estimate of drug-likeness (QED) is 0.548. The van der Waals surface area contributed by atoms with Crippen LogP contribution in [0.5, 0.6) is 0 Å². The van der Waals surface area contributed by atoms with Gasteiger partial charge in [-0.1, -0.05) is 0 Å². The molecule has 6 heteroatoms. The Kier molecular flexibility index (Phi) is 4.91. The Balaban J connectivity index is 2.47. The standard InChI is InChI=1S/C10H12F2N2O2/c1-7-4-8(5-15)14-10(13-7)2-3-16-6-9(11)12/h4-5,9H,2-3,6H2,1H3. The maximum atomic E-state index is 11.7. The van der Waals surface area contributed by atoms with Gasteiger partial charge in [-0.2, -0.15) is 0 Å². The van der Waals surface area contributed by atoms with Crippen molar-refractivity contribution >= 4 is 6.29 Å². The molecule has 1 rings (SSSR count). The van der Waals surface area contributed by atoms with Crippen LogP contribution in [-0.2, 0) is 11.2 Å². The predicted molar refractivity (Wildman–Crippen MR) is 52.7 cm³/mol. The number of carbonyl (C=O) groups excluding carboxylic acids is 1. The maximum Gasteiger partial charge on any atom is 0.261 e. The molecule has 0 spiro atoms. The largest absolute Gasteiger partial charge is 0.375 e. The molecule has 1 heterocycles. The fraction of sp³-hybridized carbons (Fsp3) is 0.500. The lowest BCUT2D eigenvalue weighted by atomic mass is 10.3. The number of hydrogen-bond donors (Lipinski definition) is 0. The highest BCUT2D eigenvalue weighted by Gasteiger charge is 2.04. The topological polar surface area (TPSA) is 52.1 Å². The molecule has 4 nitrogen and oxygen atoms in total. The van der Waals surface area contributed by atoms with Gasteiger partial charge in [-0.05, 0) is 13.0 Å². The van der Waals surface area contributed by atoms with Crippen molar-refractivity contribution in [2.24, 2.45) is 0 Å². The van der Waals surface area contributed by atoms with E-state index in [1.54, 1.807) is 13.0 Å². The second kappa shape index (κ2) is 6.22. The predicted octanol–water partition coefficient (Wildman–Crippen LogP) is 1.42. The summed E-state index contributed by atoms with van der Waals surface area (Å²) in [6.45, 7) is 1.26. The van der Waals surface area contributed by atoms with Gasteiger partial charge in [0.25, 0.3) is 6.43 Å². The van der Waals surface area contributed by atoms with E-state index < -0.39 is 13.0 Å². The monoisotopic (exact) mass is 230 g/mol. The van der Waals surface area contributed by atoms with E-state index >= 15 is 0 Å². The molecule has 1 aromatic heterocycles. The molecular weight excluding hydrogens is 218 g/mol. The van der Waals surface area contributed by atoms with Crippen molar-refractivity contribution in [1.29, 1.82) is 0 Å². The molecule has 1 aromatic rings. The molecule has 0 saturated carbocycles. The third-order valence-electron chi connectivity index (χ3n) is 1.75. The molecule has 88 valence electrons. The number of alkyl halides is 2. The Bertz CT molecular complexity index is 359. The number of hydrogen-bond acceptors (Lipinski definition) is 4. The fourth-order valence-corrected chi connectivity index (χ4v) is 1.16. The molecule has 0 fully saturated rings. The molecule has 0 amide bonds. The van der Waals surface area contributed by atoms with Crippen LogP contribution in [0.2, 0.25) is 0 Å². The van der Waals surface area contributed by atoms with Crippen molar-refractivity contribution in [3.63, 3.8) is 0 Å². The molecule has 0 atom stereocenters. The number of aryl methyl sites for hydroxylation is 1. The molecular formula is C10H12F2N2O2. The first-order valence-electron chi connectivity index (χ1n) is 4.77. The lowest BCUT2D eigenvalue weighted by molar-refractivity contribution is 0.0182. The third kappa shape index (κ3) is 4.39. The molecule has 0 unspecified atom stereocenters. The number of rotatable bonds is 6. The Hall–Kier alpha value is -1.43. The van der Waals surface area contributed by atoms with Crippen molar-refractivity contribution in [3.05, 3.63) is 23.3 Å². The number of aldehydes is 1. The van der Waals surface area contributed by atoms with Crippen molar-refractivity contribution in [2.45, 2.75) is 19.8 Å². The molecule has 0 N–H and O–H groups in total. The summed E-state index contributed by atoms with van der Waals surface area (Å²) < 4.78 is 28.2. The van der Waals surface area contributed by atoms with Crippen molar-refractivity contribution < 1.29 is 18.3 Å². The minimum atomic E-state index is -2.47. The van der Waals surface area contributed by atoms with Crippen LogP contribution in [-0.4, -0.2) is 35.9 Å². The summed E-state index contributed by atoms with van der Waals surface area (Å²) >= 11 is 0. The van der Waals surface area contributed by atoms with Gasteiger partial charge in [0.2, 0.25) is 0 Å². The molecule has 0 aromatic carbocycles. The zero-order valence-electron chi connectivity index (χ0n) is 8.82. The van der Waals surface area contributed by atoms with Gasteiger partial charge >= 0.3 is 0 Å². The van der Waals surface area contributed by atoms with Crippen LogP contribution in [0.25, 0.3) is 0 Å². The summed E-state index contributed by atoms with van der Waals surface area (Å²) in [5.74, 6) is 0.427. The van der Waals surface area contributed by atoms with E-state index in [9.17, 15) is 13.6 Å². The molecule has 0 saturated heterocycles. The minimum Gasteiger partial charge on any atom is -0.375 e. The van der Waals surface area contributed by atoms with E-state index in [4.69, 9.17) is 4.74 Å². The SMILES string of the molecule is Cc1cc(C=O)nc(CCOCC(F)F)n1. The van der Waals surface area contributed by atoms with Gasteiger partial charge in [0.05, 0.1) is 6.61 Å². The van der Waals surface area contributed by atoms with Crippen LogP contribution in [0.15, 0.2) is 6.07 Å². The van der Waals surface area contributed by atoms with Crippen LogP contribution in [0.4, 0.5) is 8.78 Å². The van der Waals surface area contributed by atoms with E-state index in [0.717, 1.165) is 0 Å². The Morgan fingerprint density at radius 1 is 1.50 bits per heavy atom. The fourth-order valence-electron chi connectivity index (χ4n) is 1.16. The van der Waals surface area contributed by atoms with Crippen LogP contribution in [0.3, 0.4) is 0 Å². The third-order valence-corrected chi connectivity index (χ3v) is 1.75. The highest BCUT2D eigenvalue weighted by molar-refractivity contribution is 5.71. The van der Waals surface area contributed by atoms with Gasteiger partial charge in [-0.15, -0.1) is 0 Å². The zero-order chi connectivity index (χ0) is 12.0. The van der Waals surface area contributed by atoms with Crippen LogP contribution < -0.4 is 0 Å². The number of nitrogens with zero attached hydrogens (tertiary/aromatic N) is 2. The average molecular weight is 230 g/mol. The van der Waals surface area contributed by atoms with E-state index in [0.29, 0.717) is 24.2 Å². The average Bonchev–Trinajstić information content (AvgIpc) is 2.23. The summed E-state index contributed by atoms with van der Waals surface area (Å²) in [5.41, 5.74) is 0.956. The number of aromatic nitrogens is 2. The number of ether oxygens (including phenoxy) is 1. The second-order valence-corrected chi connectivity index (χ2v) is 3.18. The van der Waals surface area contributed by atoms with Gasteiger partial charge in [0, 0.05) is 12.1 Å². The zero-order valence-corrected chi connectivity index (χ0v) is 8.82. The summed E-state index contributed by atoms with van der Waals surface area (Å²) in [6, 6.07) is 1.55. The lowest BCUT2D eigenvalue weighted by Crippen LogP contribution is -2.09. The summed E-state index contributed by atoms with van der Waals surface area (Å²) in [6.07, 6.45) is -1.53. The van der Waals surface area contributed by atoms with Crippen LogP contribution >= 0.6 is 0 Å². The number of carbonyl (C=O) groups is 1. The summed E-state index contributed by atoms with van der Waals surface area (Å²) in [4.78, 5) is 18.5. The van der Waals surface area contributed by atoms with E-state index in [2.05, 4.69) is 9.97 Å². The van der Waals surface area contributed by atoms with Crippen LogP contribution in [0, 0.1) is 6.92 Å². The second-order valence-electron chi connectivity index (χ2n) is 3.18. The normalized spacial score (nSPS) is 10.8. The molecule has 0 aliphatic carbocycles. The van der Waals surface area contributed by atoms with Gasteiger partial charge in [0.1, 0.15) is 18.1 Å². The van der Waals surface area contributed by atoms with Crippen molar-refractivity contribution in [2.75, 3.05) is 13.2 Å². The highest BCUT2D eigenvalue weighted by atomic mass is 19.3. The summed E-state index contributed by atoms with van der Waals surface area (Å²) in [5, 5.41) is 0. The Morgan fingerprint density at radius 3 is 2.88 bits per heavy atom. The van der Waals surface area contributed by atoms with Crippen molar-refractivity contribution in [3.8, 4) is 0 Å². The molecule has 0 radical (unpaired) electrons. The smallest absolute Gasteiger partial charge is 0.261 e. The maximum absolute atomic E-state index is 11.7. The van der Waals surface area contributed by atoms with E-state index in [1.165, 1.54) is 0 Å². The van der Waals surface area contributed by atoms with Gasteiger partial charge < -0.3 is 4.74 Å². The molecule has 0 bridgehead atoms. The Morgan fingerprint density at radius 2 is 2.25 bits per heavy atom. The number of halogens is 2. The van der Waals surface area contributed by atoms with Gasteiger partial charge in [-0.25, -0.2) is 18.7 Å². The van der Waals surface area contributed by atoms with Gasteiger partial charge in [0.15, 0.2) is 6.29 Å². The lowest BCUT2D eigenvalue weighted by Gasteiger charge is -2.04. The molecule has 0 aliphatic rings.